The minimum absolute atomic E-state index is 0.0884. The topological polar surface area (TPSA) is 95.2 Å². The molecule has 3 amide bonds. The van der Waals surface area contributed by atoms with Gasteiger partial charge < -0.3 is 10.3 Å². The molecule has 20 heavy (non-hydrogen) atoms. The quantitative estimate of drug-likeness (QED) is 0.749. The van der Waals surface area contributed by atoms with Crippen molar-refractivity contribution >= 4 is 23.8 Å². The van der Waals surface area contributed by atoms with Crippen LogP contribution >= 0.6 is 0 Å². The summed E-state index contributed by atoms with van der Waals surface area (Å²) in [5.74, 6) is -0.876. The van der Waals surface area contributed by atoms with Gasteiger partial charge in [-0.2, -0.15) is 0 Å². The molecule has 0 radical (unpaired) electrons. The Labute approximate surface area is 115 Å². The van der Waals surface area contributed by atoms with E-state index < -0.39 is 11.8 Å². The molecule has 1 saturated carbocycles. The van der Waals surface area contributed by atoms with Crippen molar-refractivity contribution in [3.8, 4) is 0 Å². The largest absolute Gasteiger partial charge is 0.348 e. The number of imidazole rings is 1. The highest BCUT2D eigenvalue weighted by Crippen LogP contribution is 2.40. The number of carbonyl (C=O) groups excluding carboxylic acids is 3. The first-order valence-electron chi connectivity index (χ1n) is 6.43. The molecule has 1 aliphatic heterocycles. The van der Waals surface area contributed by atoms with Crippen molar-refractivity contribution in [3.63, 3.8) is 0 Å². The summed E-state index contributed by atoms with van der Waals surface area (Å²) < 4.78 is 0. The third-order valence-electron chi connectivity index (χ3n) is 3.40. The summed E-state index contributed by atoms with van der Waals surface area (Å²) >= 11 is 0. The Hall–Kier alpha value is -2.44. The van der Waals surface area contributed by atoms with Crippen LogP contribution in [0.3, 0.4) is 0 Å². The van der Waals surface area contributed by atoms with Gasteiger partial charge in [-0.1, -0.05) is 0 Å². The summed E-state index contributed by atoms with van der Waals surface area (Å²) in [5, 5.41) is 2.50. The number of nitrogens with zero attached hydrogens (tertiary/aromatic N) is 2. The fourth-order valence-corrected chi connectivity index (χ4v) is 2.22. The van der Waals surface area contributed by atoms with Crippen LogP contribution in [-0.2, 0) is 14.4 Å². The zero-order valence-electron chi connectivity index (χ0n) is 11.0. The zero-order valence-corrected chi connectivity index (χ0v) is 11.0. The Morgan fingerprint density at radius 1 is 1.45 bits per heavy atom. The molecule has 7 heteroatoms. The van der Waals surface area contributed by atoms with E-state index in [1.54, 1.807) is 6.33 Å². The highest BCUT2D eigenvalue weighted by molar-refractivity contribution is 6.12. The van der Waals surface area contributed by atoms with E-state index in [-0.39, 0.29) is 18.1 Å². The normalized spacial score (nSPS) is 21.2. The van der Waals surface area contributed by atoms with Crippen molar-refractivity contribution in [2.45, 2.75) is 25.7 Å². The fraction of sp³-hybridized carbons (Fsp3) is 0.385. The van der Waals surface area contributed by atoms with E-state index in [0.29, 0.717) is 11.6 Å². The smallest absolute Gasteiger partial charge is 0.277 e. The molecule has 2 aliphatic rings. The number of H-pyrrole nitrogens is 1. The van der Waals surface area contributed by atoms with Crippen molar-refractivity contribution < 1.29 is 14.4 Å². The monoisotopic (exact) mass is 274 g/mol. The number of carbonyl (C=O) groups is 3. The number of amides is 3. The van der Waals surface area contributed by atoms with Crippen LogP contribution < -0.4 is 5.32 Å². The van der Waals surface area contributed by atoms with Crippen LogP contribution in [0.25, 0.3) is 6.08 Å². The van der Waals surface area contributed by atoms with Crippen molar-refractivity contribution in [2.24, 2.45) is 0 Å². The predicted octanol–water partition coefficient (Wildman–Crippen LogP) is 0.133. The number of rotatable bonds is 2. The van der Waals surface area contributed by atoms with E-state index in [1.807, 2.05) is 0 Å². The SMILES string of the molecule is CC(=O)N1CC(=O)NC(=Cc2nc[nH]c2C2CC2)C1=O. The molecule has 1 aliphatic carbocycles. The Balaban J connectivity index is 1.92. The Bertz CT molecular complexity index is 627. The average molecular weight is 274 g/mol. The van der Waals surface area contributed by atoms with Gasteiger partial charge in [0.15, 0.2) is 0 Å². The van der Waals surface area contributed by atoms with E-state index in [4.69, 9.17) is 0 Å². The van der Waals surface area contributed by atoms with Gasteiger partial charge in [0.05, 0.1) is 12.0 Å². The molecule has 2 N–H and O–H groups in total. The highest BCUT2D eigenvalue weighted by Gasteiger charge is 2.32. The summed E-state index contributed by atoms with van der Waals surface area (Å²) in [6.45, 7) is 1.03. The highest BCUT2D eigenvalue weighted by atomic mass is 16.2. The Kier molecular flexibility index (Phi) is 2.89. The number of hydrogen-bond donors (Lipinski definition) is 2. The zero-order chi connectivity index (χ0) is 14.3. The molecule has 0 bridgehead atoms. The van der Waals surface area contributed by atoms with Crippen LogP contribution in [-0.4, -0.2) is 39.1 Å². The molecule has 0 atom stereocenters. The number of piperazine rings is 1. The summed E-state index contributed by atoms with van der Waals surface area (Å²) in [4.78, 5) is 43.2. The molecule has 2 heterocycles. The molecule has 1 aromatic rings. The van der Waals surface area contributed by atoms with E-state index in [0.717, 1.165) is 23.4 Å². The molecule has 104 valence electrons. The third kappa shape index (κ3) is 2.22. The lowest BCUT2D eigenvalue weighted by Crippen LogP contribution is -2.51. The lowest BCUT2D eigenvalue weighted by atomic mass is 10.1. The second-order valence-corrected chi connectivity index (χ2v) is 4.99. The molecule has 0 spiro atoms. The first kappa shape index (κ1) is 12.6. The van der Waals surface area contributed by atoms with Crippen LogP contribution in [0.2, 0.25) is 0 Å². The van der Waals surface area contributed by atoms with Gasteiger partial charge in [0.1, 0.15) is 12.2 Å². The van der Waals surface area contributed by atoms with Crippen LogP contribution in [0.5, 0.6) is 0 Å². The number of nitrogens with one attached hydrogen (secondary N) is 2. The maximum atomic E-state index is 12.1. The molecular weight excluding hydrogens is 260 g/mol. The number of aromatic amines is 1. The minimum atomic E-state index is -0.498. The van der Waals surface area contributed by atoms with Crippen LogP contribution in [0, 0.1) is 0 Å². The molecule has 1 saturated heterocycles. The molecular formula is C13H14N4O3. The maximum Gasteiger partial charge on any atom is 0.277 e. The van der Waals surface area contributed by atoms with Crippen LogP contribution in [0.4, 0.5) is 0 Å². The first-order valence-corrected chi connectivity index (χ1v) is 6.43. The molecule has 2 fully saturated rings. The Morgan fingerprint density at radius 2 is 2.20 bits per heavy atom. The van der Waals surface area contributed by atoms with Gasteiger partial charge in [-0.25, -0.2) is 4.98 Å². The van der Waals surface area contributed by atoms with E-state index >= 15 is 0 Å². The lowest BCUT2D eigenvalue weighted by Gasteiger charge is -2.25. The Morgan fingerprint density at radius 3 is 2.85 bits per heavy atom. The van der Waals surface area contributed by atoms with Crippen LogP contribution in [0.1, 0.15) is 37.1 Å². The molecule has 0 aromatic carbocycles. The molecule has 1 aromatic heterocycles. The third-order valence-corrected chi connectivity index (χ3v) is 3.40. The van der Waals surface area contributed by atoms with Crippen molar-refractivity contribution in [1.29, 1.82) is 0 Å². The number of aromatic nitrogens is 2. The summed E-state index contributed by atoms with van der Waals surface area (Å²) in [5.41, 5.74) is 1.70. The lowest BCUT2D eigenvalue weighted by molar-refractivity contribution is -0.147. The fourth-order valence-electron chi connectivity index (χ4n) is 2.22. The second kappa shape index (κ2) is 4.59. The molecule has 0 unspecified atom stereocenters. The minimum Gasteiger partial charge on any atom is -0.348 e. The standard InChI is InChI=1S/C13H14N4O3/c1-7(18)17-5-11(19)16-10(13(17)20)4-9-12(8-2-3-8)15-6-14-9/h4,6,8H,2-3,5H2,1H3,(H,14,15)(H,16,19). The van der Waals surface area contributed by atoms with Crippen molar-refractivity contribution in [3.05, 3.63) is 23.4 Å². The summed E-state index contributed by atoms with van der Waals surface area (Å²) in [7, 11) is 0. The van der Waals surface area contributed by atoms with Gasteiger partial charge in [-0.05, 0) is 18.9 Å². The summed E-state index contributed by atoms with van der Waals surface area (Å²) in [6, 6.07) is 0. The van der Waals surface area contributed by atoms with E-state index in [2.05, 4.69) is 15.3 Å². The number of hydrogen-bond acceptors (Lipinski definition) is 4. The maximum absolute atomic E-state index is 12.1. The number of imide groups is 1. The molecule has 7 nitrogen and oxygen atoms in total. The van der Waals surface area contributed by atoms with E-state index in [9.17, 15) is 14.4 Å². The average Bonchev–Trinajstić information content (AvgIpc) is 3.14. The van der Waals surface area contributed by atoms with Gasteiger partial charge in [0.2, 0.25) is 11.8 Å². The van der Waals surface area contributed by atoms with Gasteiger partial charge in [0, 0.05) is 18.5 Å². The van der Waals surface area contributed by atoms with Crippen molar-refractivity contribution in [1.82, 2.24) is 20.2 Å². The van der Waals surface area contributed by atoms with Gasteiger partial charge >= 0.3 is 0 Å². The summed E-state index contributed by atoms with van der Waals surface area (Å²) in [6.07, 6.45) is 5.29. The molecule has 3 rings (SSSR count). The van der Waals surface area contributed by atoms with E-state index in [1.165, 1.54) is 13.0 Å². The van der Waals surface area contributed by atoms with Gasteiger partial charge in [-0.15, -0.1) is 0 Å². The van der Waals surface area contributed by atoms with Crippen molar-refractivity contribution in [2.75, 3.05) is 6.54 Å². The first-order chi connectivity index (χ1) is 9.56. The predicted molar refractivity (Wildman–Crippen MR) is 69.1 cm³/mol. The van der Waals surface area contributed by atoms with Gasteiger partial charge in [-0.3, -0.25) is 19.3 Å². The van der Waals surface area contributed by atoms with Crippen LogP contribution in [0.15, 0.2) is 12.0 Å². The second-order valence-electron chi connectivity index (χ2n) is 4.99. The van der Waals surface area contributed by atoms with Gasteiger partial charge in [0.25, 0.3) is 5.91 Å².